The van der Waals surface area contributed by atoms with Gasteiger partial charge in [0.15, 0.2) is 0 Å². The van der Waals surface area contributed by atoms with Gasteiger partial charge in [0, 0.05) is 39.3 Å². The number of benzene rings is 2. The predicted molar refractivity (Wildman–Crippen MR) is 136 cm³/mol. The number of hydrogen-bond acceptors (Lipinski definition) is 5. The Kier molecular flexibility index (Phi) is 11.9. The van der Waals surface area contributed by atoms with E-state index in [0.29, 0.717) is 45.7 Å². The molecule has 2 rings (SSSR count). The summed E-state index contributed by atoms with van der Waals surface area (Å²) in [4.78, 5) is 27.8. The molecule has 0 spiro atoms. The second-order valence-electron chi connectivity index (χ2n) is 8.17. The van der Waals surface area contributed by atoms with Crippen LogP contribution in [0.3, 0.4) is 0 Å². The Morgan fingerprint density at radius 2 is 1.69 bits per heavy atom. The number of nitrogens with one attached hydrogen (secondary N) is 2. The minimum absolute atomic E-state index is 0.143. The van der Waals surface area contributed by atoms with E-state index < -0.39 is 16.1 Å². The van der Waals surface area contributed by atoms with Crippen LogP contribution >= 0.6 is 0 Å². The molecule has 0 aliphatic rings. The third-order valence-corrected chi connectivity index (χ3v) is 7.09. The van der Waals surface area contributed by atoms with Gasteiger partial charge in [-0.1, -0.05) is 49.4 Å². The summed E-state index contributed by atoms with van der Waals surface area (Å²) in [5.41, 5.74) is 1.79. The van der Waals surface area contributed by atoms with E-state index in [1.54, 1.807) is 30.9 Å². The average molecular weight is 504 g/mol. The van der Waals surface area contributed by atoms with Gasteiger partial charge in [-0.15, -0.1) is 0 Å². The van der Waals surface area contributed by atoms with Crippen LogP contribution in [0.2, 0.25) is 0 Å². The van der Waals surface area contributed by atoms with E-state index >= 15 is 0 Å². The molecule has 1 atom stereocenters. The molecule has 0 radical (unpaired) electrons. The molecule has 0 aliphatic heterocycles. The van der Waals surface area contributed by atoms with Crippen molar-refractivity contribution in [3.63, 3.8) is 0 Å². The van der Waals surface area contributed by atoms with Gasteiger partial charge in [-0.25, -0.2) is 13.1 Å². The zero-order valence-electron chi connectivity index (χ0n) is 20.8. The molecule has 2 aromatic rings. The molecule has 0 saturated carbocycles. The second kappa shape index (κ2) is 14.6. The largest absolute Gasteiger partial charge is 0.382 e. The van der Waals surface area contributed by atoms with Crippen molar-refractivity contribution in [2.75, 3.05) is 26.3 Å². The van der Waals surface area contributed by atoms with E-state index in [-0.39, 0.29) is 23.1 Å². The minimum Gasteiger partial charge on any atom is -0.382 e. The number of hydrogen-bond donors (Lipinski definition) is 2. The van der Waals surface area contributed by atoms with Gasteiger partial charge in [0.05, 0.1) is 4.90 Å². The molecule has 2 aromatic carbocycles. The Morgan fingerprint density at radius 1 is 1.00 bits per heavy atom. The van der Waals surface area contributed by atoms with Gasteiger partial charge in [-0.05, 0) is 49.9 Å². The zero-order chi connectivity index (χ0) is 25.7. The van der Waals surface area contributed by atoms with Gasteiger partial charge in [-0.3, -0.25) is 9.59 Å². The Balaban J connectivity index is 2.04. The second-order valence-corrected chi connectivity index (χ2v) is 9.94. The number of amides is 2. The lowest BCUT2D eigenvalue weighted by Gasteiger charge is -2.29. The smallest absolute Gasteiger partial charge is 0.242 e. The maximum atomic E-state index is 13.2. The Labute approximate surface area is 209 Å². The van der Waals surface area contributed by atoms with Gasteiger partial charge in [-0.2, -0.15) is 0 Å². The van der Waals surface area contributed by atoms with Gasteiger partial charge in [0.1, 0.15) is 6.04 Å². The van der Waals surface area contributed by atoms with Crippen molar-refractivity contribution in [3.8, 4) is 0 Å². The number of ether oxygens (including phenoxy) is 1. The molecule has 0 saturated heterocycles. The Morgan fingerprint density at radius 3 is 2.31 bits per heavy atom. The van der Waals surface area contributed by atoms with Crippen LogP contribution in [0.5, 0.6) is 0 Å². The van der Waals surface area contributed by atoms with E-state index in [0.717, 1.165) is 11.1 Å². The molecule has 35 heavy (non-hydrogen) atoms. The first-order valence-corrected chi connectivity index (χ1v) is 13.5. The molecule has 0 aliphatic carbocycles. The Bertz CT molecular complexity index is 1030. The SMILES string of the molecule is CCNS(=O)(=O)c1ccc(CCC(=O)N(Cc2ccccc2)C(C)C(=O)NCCCOCC)cc1. The maximum absolute atomic E-state index is 13.2. The van der Waals surface area contributed by atoms with Crippen LogP contribution in [-0.2, 0) is 37.3 Å². The summed E-state index contributed by atoms with van der Waals surface area (Å²) in [5, 5.41) is 2.89. The molecule has 2 N–H and O–H groups in total. The van der Waals surface area contributed by atoms with Crippen molar-refractivity contribution in [1.82, 2.24) is 14.9 Å². The number of nitrogens with zero attached hydrogens (tertiary/aromatic N) is 1. The number of carbonyl (C=O) groups excluding carboxylic acids is 2. The third-order valence-electron chi connectivity index (χ3n) is 5.53. The van der Waals surface area contributed by atoms with Gasteiger partial charge in [0.25, 0.3) is 0 Å². The van der Waals surface area contributed by atoms with Crippen LogP contribution in [0, 0.1) is 0 Å². The molecule has 9 heteroatoms. The minimum atomic E-state index is -3.52. The first kappa shape index (κ1) is 28.5. The van der Waals surface area contributed by atoms with E-state index in [4.69, 9.17) is 4.74 Å². The molecule has 2 amide bonds. The summed E-state index contributed by atoms with van der Waals surface area (Å²) < 4.78 is 32.0. The first-order valence-electron chi connectivity index (χ1n) is 12.1. The van der Waals surface area contributed by atoms with Crippen molar-refractivity contribution in [2.45, 2.75) is 57.5 Å². The lowest BCUT2D eigenvalue weighted by molar-refractivity contribution is -0.140. The summed E-state index contributed by atoms with van der Waals surface area (Å²) in [6.07, 6.45) is 1.35. The molecule has 8 nitrogen and oxygen atoms in total. The topological polar surface area (TPSA) is 105 Å². The molecular formula is C26H37N3O5S. The highest BCUT2D eigenvalue weighted by atomic mass is 32.2. The third kappa shape index (κ3) is 9.43. The van der Waals surface area contributed by atoms with Crippen LogP contribution in [0.15, 0.2) is 59.5 Å². The number of aryl methyl sites for hydroxylation is 1. The van der Waals surface area contributed by atoms with Crippen molar-refractivity contribution in [3.05, 3.63) is 65.7 Å². The highest BCUT2D eigenvalue weighted by molar-refractivity contribution is 7.89. The van der Waals surface area contributed by atoms with E-state index in [1.807, 2.05) is 37.3 Å². The fraction of sp³-hybridized carbons (Fsp3) is 0.462. The molecular weight excluding hydrogens is 466 g/mol. The van der Waals surface area contributed by atoms with Crippen LogP contribution < -0.4 is 10.0 Å². The van der Waals surface area contributed by atoms with Crippen molar-refractivity contribution < 1.29 is 22.7 Å². The molecule has 1 unspecified atom stereocenters. The van der Waals surface area contributed by atoms with Gasteiger partial charge >= 0.3 is 0 Å². The summed E-state index contributed by atoms with van der Waals surface area (Å²) in [5.74, 6) is -0.348. The number of sulfonamides is 1. The van der Waals surface area contributed by atoms with Crippen LogP contribution in [0.25, 0.3) is 0 Å². The zero-order valence-corrected chi connectivity index (χ0v) is 21.6. The normalized spacial score (nSPS) is 12.2. The van der Waals surface area contributed by atoms with E-state index in [9.17, 15) is 18.0 Å². The Hall–Kier alpha value is -2.75. The predicted octanol–water partition coefficient (Wildman–Crippen LogP) is 2.88. The summed E-state index contributed by atoms with van der Waals surface area (Å²) in [6, 6.07) is 15.4. The number of carbonyl (C=O) groups is 2. The highest BCUT2D eigenvalue weighted by Gasteiger charge is 2.25. The fourth-order valence-corrected chi connectivity index (χ4v) is 4.59. The van der Waals surface area contributed by atoms with E-state index in [1.165, 1.54) is 12.1 Å². The van der Waals surface area contributed by atoms with Crippen LogP contribution in [-0.4, -0.2) is 57.5 Å². The van der Waals surface area contributed by atoms with Crippen LogP contribution in [0.4, 0.5) is 0 Å². The summed E-state index contributed by atoms with van der Waals surface area (Å²) in [6.45, 7) is 7.72. The lowest BCUT2D eigenvalue weighted by Crippen LogP contribution is -2.48. The average Bonchev–Trinajstić information content (AvgIpc) is 2.86. The summed E-state index contributed by atoms with van der Waals surface area (Å²) in [7, 11) is -3.52. The monoisotopic (exact) mass is 503 g/mol. The molecule has 192 valence electrons. The first-order chi connectivity index (χ1) is 16.8. The quantitative estimate of drug-likeness (QED) is 0.364. The van der Waals surface area contributed by atoms with Gasteiger partial charge in [0.2, 0.25) is 21.8 Å². The molecule has 0 heterocycles. The van der Waals surface area contributed by atoms with Gasteiger partial charge < -0.3 is 15.0 Å². The van der Waals surface area contributed by atoms with Crippen molar-refractivity contribution >= 4 is 21.8 Å². The molecule has 0 aromatic heterocycles. The van der Waals surface area contributed by atoms with Crippen molar-refractivity contribution in [2.24, 2.45) is 0 Å². The van der Waals surface area contributed by atoms with Crippen molar-refractivity contribution in [1.29, 1.82) is 0 Å². The fourth-order valence-electron chi connectivity index (χ4n) is 3.54. The lowest BCUT2D eigenvalue weighted by atomic mass is 10.1. The van der Waals surface area contributed by atoms with E-state index in [2.05, 4.69) is 10.0 Å². The molecule has 0 bridgehead atoms. The van der Waals surface area contributed by atoms with Crippen LogP contribution in [0.1, 0.15) is 44.7 Å². The maximum Gasteiger partial charge on any atom is 0.242 e. The summed E-state index contributed by atoms with van der Waals surface area (Å²) >= 11 is 0. The standard InChI is InChI=1S/C26H37N3O5S/c1-4-28-35(32,33)24-15-12-22(13-16-24)14-17-25(30)29(20-23-10-7-6-8-11-23)21(3)26(31)27-18-9-19-34-5-2/h6-8,10-13,15-16,21,28H,4-5,9,14,17-20H2,1-3H3,(H,27,31). The molecule has 0 fully saturated rings. The number of rotatable bonds is 15. The highest BCUT2D eigenvalue weighted by Crippen LogP contribution is 2.15.